The minimum atomic E-state index is -0.410. The summed E-state index contributed by atoms with van der Waals surface area (Å²) in [4.78, 5) is 15.9. The van der Waals surface area contributed by atoms with Crippen LogP contribution < -0.4 is 10.1 Å². The number of carbonyl (C=O) groups excluding carboxylic acids is 1. The van der Waals surface area contributed by atoms with Gasteiger partial charge in [0.15, 0.2) is 0 Å². The third-order valence-corrected chi connectivity index (χ3v) is 7.16. The predicted molar refractivity (Wildman–Crippen MR) is 127 cm³/mol. The summed E-state index contributed by atoms with van der Waals surface area (Å²) in [6.45, 7) is 7.25. The van der Waals surface area contributed by atoms with E-state index in [0.717, 1.165) is 49.2 Å². The number of amides is 1. The highest BCUT2D eigenvalue weighted by Gasteiger charge is 2.42. The van der Waals surface area contributed by atoms with E-state index in [1.54, 1.807) is 0 Å². The Balaban J connectivity index is 1.35. The normalized spacial score (nSPS) is 21.0. The molecule has 2 aliphatic rings. The molecule has 0 aromatic heterocycles. The second kappa shape index (κ2) is 9.86. The Kier molecular flexibility index (Phi) is 6.96. The molecule has 4 nitrogen and oxygen atoms in total. The van der Waals surface area contributed by atoms with Crippen molar-refractivity contribution in [2.45, 2.75) is 70.3 Å². The summed E-state index contributed by atoms with van der Waals surface area (Å²) in [5, 5.41) is 3.18. The lowest BCUT2D eigenvalue weighted by Gasteiger charge is -2.33. The first-order chi connectivity index (χ1) is 15.1. The summed E-state index contributed by atoms with van der Waals surface area (Å²) >= 11 is 0. The fourth-order valence-corrected chi connectivity index (χ4v) is 5.22. The highest BCUT2D eigenvalue weighted by atomic mass is 16.5. The quantitative estimate of drug-likeness (QED) is 0.625. The van der Waals surface area contributed by atoms with E-state index < -0.39 is 5.41 Å². The third-order valence-electron chi connectivity index (χ3n) is 7.16. The summed E-state index contributed by atoms with van der Waals surface area (Å²) in [5.74, 6) is 0.972. The van der Waals surface area contributed by atoms with Crippen molar-refractivity contribution >= 4 is 11.6 Å². The van der Waals surface area contributed by atoms with Gasteiger partial charge in [-0.2, -0.15) is 0 Å². The SMILES string of the molecule is Cc1cccc(C2(C(=O)Nc3ccc(OCCN4CCCC[C@@H]4C)cc3)CCCC2)c1. The van der Waals surface area contributed by atoms with E-state index in [9.17, 15) is 4.79 Å². The molecule has 0 spiro atoms. The number of benzene rings is 2. The van der Waals surface area contributed by atoms with Crippen LogP contribution in [0.15, 0.2) is 48.5 Å². The van der Waals surface area contributed by atoms with E-state index in [2.05, 4.69) is 48.3 Å². The molecule has 1 saturated heterocycles. The molecule has 1 heterocycles. The van der Waals surface area contributed by atoms with Crippen molar-refractivity contribution in [1.82, 2.24) is 4.90 Å². The summed E-state index contributed by atoms with van der Waals surface area (Å²) in [6, 6.07) is 16.9. The average Bonchev–Trinajstić information content (AvgIpc) is 3.28. The standard InChI is InChI=1S/C27H36N2O2/c1-21-8-7-10-23(20-21)27(15-4-5-16-27)26(30)28-24-11-13-25(14-12-24)31-19-18-29-17-6-3-9-22(29)2/h7-8,10-14,20,22H,3-6,9,15-19H2,1-2H3,(H,28,30)/t22-/m0/s1. The molecule has 2 fully saturated rings. The summed E-state index contributed by atoms with van der Waals surface area (Å²) in [5.41, 5.74) is 2.78. The molecule has 1 aliphatic carbocycles. The minimum absolute atomic E-state index is 0.114. The van der Waals surface area contributed by atoms with Crippen molar-refractivity contribution in [3.8, 4) is 5.75 Å². The van der Waals surface area contributed by atoms with E-state index in [4.69, 9.17) is 4.74 Å². The van der Waals surface area contributed by atoms with Gasteiger partial charge in [-0.05, 0) is 75.9 Å². The lowest BCUT2D eigenvalue weighted by molar-refractivity contribution is -0.121. The van der Waals surface area contributed by atoms with Crippen molar-refractivity contribution in [1.29, 1.82) is 0 Å². The van der Waals surface area contributed by atoms with Crippen molar-refractivity contribution in [3.05, 3.63) is 59.7 Å². The lowest BCUT2D eigenvalue weighted by Crippen LogP contribution is -2.39. The Morgan fingerprint density at radius 2 is 1.87 bits per heavy atom. The molecule has 1 N–H and O–H groups in total. The van der Waals surface area contributed by atoms with E-state index in [0.29, 0.717) is 12.6 Å². The van der Waals surface area contributed by atoms with Gasteiger partial charge in [0.1, 0.15) is 12.4 Å². The number of piperidine rings is 1. The second-order valence-electron chi connectivity index (χ2n) is 9.37. The first kappa shape index (κ1) is 21.9. The molecule has 1 aliphatic heterocycles. The lowest BCUT2D eigenvalue weighted by atomic mass is 9.77. The average molecular weight is 421 g/mol. The number of carbonyl (C=O) groups is 1. The maximum Gasteiger partial charge on any atom is 0.235 e. The van der Waals surface area contributed by atoms with Crippen LogP contribution in [0.3, 0.4) is 0 Å². The predicted octanol–water partition coefficient (Wildman–Crippen LogP) is 5.70. The molecular formula is C27H36N2O2. The number of nitrogens with one attached hydrogen (secondary N) is 1. The minimum Gasteiger partial charge on any atom is -0.492 e. The van der Waals surface area contributed by atoms with Gasteiger partial charge in [0.2, 0.25) is 5.91 Å². The summed E-state index contributed by atoms with van der Waals surface area (Å²) in [7, 11) is 0. The highest BCUT2D eigenvalue weighted by molar-refractivity contribution is 5.99. The highest BCUT2D eigenvalue weighted by Crippen LogP contribution is 2.42. The van der Waals surface area contributed by atoms with E-state index in [1.807, 2.05) is 24.3 Å². The van der Waals surface area contributed by atoms with Crippen molar-refractivity contribution in [2.75, 3.05) is 25.0 Å². The Morgan fingerprint density at radius 1 is 1.10 bits per heavy atom. The van der Waals surface area contributed by atoms with Gasteiger partial charge in [0.25, 0.3) is 0 Å². The number of aryl methyl sites for hydroxylation is 1. The number of likely N-dealkylation sites (tertiary alicyclic amines) is 1. The van der Waals surface area contributed by atoms with Crippen LogP contribution in [-0.4, -0.2) is 36.5 Å². The third kappa shape index (κ3) is 5.12. The van der Waals surface area contributed by atoms with Crippen LogP contribution in [0.2, 0.25) is 0 Å². The molecule has 0 bridgehead atoms. The number of rotatable bonds is 7. The topological polar surface area (TPSA) is 41.6 Å². The largest absolute Gasteiger partial charge is 0.492 e. The van der Waals surface area contributed by atoms with Crippen molar-refractivity contribution in [3.63, 3.8) is 0 Å². The molecule has 4 heteroatoms. The van der Waals surface area contributed by atoms with Crippen LogP contribution in [0, 0.1) is 6.92 Å². The maximum atomic E-state index is 13.4. The van der Waals surface area contributed by atoms with Gasteiger partial charge < -0.3 is 10.1 Å². The Hall–Kier alpha value is -2.33. The molecule has 1 saturated carbocycles. The zero-order valence-electron chi connectivity index (χ0n) is 19.0. The summed E-state index contributed by atoms with van der Waals surface area (Å²) in [6.07, 6.45) is 7.96. The Morgan fingerprint density at radius 3 is 2.58 bits per heavy atom. The van der Waals surface area contributed by atoms with Gasteiger partial charge in [0, 0.05) is 18.3 Å². The van der Waals surface area contributed by atoms with Crippen LogP contribution in [0.4, 0.5) is 5.69 Å². The van der Waals surface area contributed by atoms with E-state index in [1.165, 1.54) is 31.4 Å². The van der Waals surface area contributed by atoms with Crippen LogP contribution in [0.5, 0.6) is 5.75 Å². The molecule has 2 aromatic carbocycles. The molecule has 0 radical (unpaired) electrons. The molecule has 31 heavy (non-hydrogen) atoms. The fourth-order valence-electron chi connectivity index (χ4n) is 5.22. The zero-order chi connectivity index (χ0) is 21.7. The van der Waals surface area contributed by atoms with Crippen LogP contribution in [0.25, 0.3) is 0 Å². The Labute approximate surface area is 187 Å². The molecule has 1 amide bonds. The van der Waals surface area contributed by atoms with Gasteiger partial charge in [-0.3, -0.25) is 9.69 Å². The van der Waals surface area contributed by atoms with E-state index in [-0.39, 0.29) is 5.91 Å². The summed E-state index contributed by atoms with van der Waals surface area (Å²) < 4.78 is 5.96. The number of hydrogen-bond acceptors (Lipinski definition) is 3. The molecule has 1 atom stereocenters. The number of anilines is 1. The Bertz CT molecular complexity index is 871. The molecule has 0 unspecified atom stereocenters. The van der Waals surface area contributed by atoms with Crippen LogP contribution in [-0.2, 0) is 10.2 Å². The fraction of sp³-hybridized carbons (Fsp3) is 0.519. The molecule has 166 valence electrons. The smallest absolute Gasteiger partial charge is 0.235 e. The maximum absolute atomic E-state index is 13.4. The first-order valence-corrected chi connectivity index (χ1v) is 11.9. The second-order valence-corrected chi connectivity index (χ2v) is 9.37. The van der Waals surface area contributed by atoms with Gasteiger partial charge >= 0.3 is 0 Å². The van der Waals surface area contributed by atoms with Crippen LogP contribution in [0.1, 0.15) is 63.0 Å². The van der Waals surface area contributed by atoms with Gasteiger partial charge in [-0.15, -0.1) is 0 Å². The van der Waals surface area contributed by atoms with Crippen LogP contribution >= 0.6 is 0 Å². The zero-order valence-corrected chi connectivity index (χ0v) is 19.0. The van der Waals surface area contributed by atoms with E-state index >= 15 is 0 Å². The van der Waals surface area contributed by atoms with Gasteiger partial charge in [-0.1, -0.05) is 49.1 Å². The van der Waals surface area contributed by atoms with Crippen molar-refractivity contribution in [2.24, 2.45) is 0 Å². The van der Waals surface area contributed by atoms with Gasteiger partial charge in [0.05, 0.1) is 5.41 Å². The number of nitrogens with zero attached hydrogens (tertiary/aromatic N) is 1. The van der Waals surface area contributed by atoms with Crippen molar-refractivity contribution < 1.29 is 9.53 Å². The first-order valence-electron chi connectivity index (χ1n) is 11.9. The molecular weight excluding hydrogens is 384 g/mol. The molecule has 4 rings (SSSR count). The monoisotopic (exact) mass is 420 g/mol. The van der Waals surface area contributed by atoms with Gasteiger partial charge in [-0.25, -0.2) is 0 Å². The molecule has 2 aromatic rings. The number of hydrogen-bond donors (Lipinski definition) is 1. The number of ether oxygens (including phenoxy) is 1.